The molecule has 20 heavy (non-hydrogen) atoms. The van der Waals surface area contributed by atoms with Crippen molar-refractivity contribution in [2.45, 2.75) is 51.5 Å². The molecule has 1 amide bonds. The van der Waals surface area contributed by atoms with E-state index in [1.165, 1.54) is 29.7 Å². The number of nitrogens with zero attached hydrogens (tertiary/aromatic N) is 1. The lowest BCUT2D eigenvalue weighted by Gasteiger charge is -2.34. The van der Waals surface area contributed by atoms with Gasteiger partial charge in [-0.15, -0.1) is 11.3 Å². The molecule has 0 aromatic carbocycles. The van der Waals surface area contributed by atoms with Gasteiger partial charge in [-0.2, -0.15) is 0 Å². The predicted molar refractivity (Wildman–Crippen MR) is 83.6 cm³/mol. The van der Waals surface area contributed by atoms with E-state index in [0.29, 0.717) is 6.04 Å². The lowest BCUT2D eigenvalue weighted by atomic mass is 10.1. The Kier molecular flexibility index (Phi) is 4.41. The van der Waals surface area contributed by atoms with E-state index in [9.17, 15) is 4.79 Å². The van der Waals surface area contributed by atoms with Crippen molar-refractivity contribution in [1.82, 2.24) is 10.2 Å². The summed E-state index contributed by atoms with van der Waals surface area (Å²) in [7, 11) is 0. The van der Waals surface area contributed by atoms with Crippen molar-refractivity contribution in [3.05, 3.63) is 21.4 Å². The van der Waals surface area contributed by atoms with E-state index in [2.05, 4.69) is 23.2 Å². The van der Waals surface area contributed by atoms with Crippen molar-refractivity contribution in [2.75, 3.05) is 19.6 Å². The molecule has 3 rings (SSSR count). The van der Waals surface area contributed by atoms with Gasteiger partial charge in [-0.1, -0.05) is 6.92 Å². The SMILES string of the molecule is CCCN(C(=O)c1cc2c(s1)CCC2)C1CCCNC1. The van der Waals surface area contributed by atoms with Gasteiger partial charge in [-0.05, 0) is 56.7 Å². The van der Waals surface area contributed by atoms with Crippen molar-refractivity contribution in [3.8, 4) is 0 Å². The Hall–Kier alpha value is -0.870. The standard InChI is InChI=1S/C16H24N2OS/c1-2-9-18(13-6-4-8-17-11-13)16(19)15-10-12-5-3-7-14(12)20-15/h10,13,17H,2-9,11H2,1H3. The van der Waals surface area contributed by atoms with E-state index in [1.807, 2.05) is 0 Å². The number of aryl methyl sites for hydroxylation is 2. The van der Waals surface area contributed by atoms with Crippen LogP contribution in [0.2, 0.25) is 0 Å². The third kappa shape index (κ3) is 2.77. The fourth-order valence-corrected chi connectivity index (χ4v) is 4.58. The first-order valence-electron chi connectivity index (χ1n) is 7.93. The number of fused-ring (bicyclic) bond motifs is 1. The molecule has 1 aromatic heterocycles. The summed E-state index contributed by atoms with van der Waals surface area (Å²) < 4.78 is 0. The first kappa shape index (κ1) is 14.1. The fraction of sp³-hybridized carbons (Fsp3) is 0.688. The van der Waals surface area contributed by atoms with Crippen LogP contribution in [-0.2, 0) is 12.8 Å². The van der Waals surface area contributed by atoms with E-state index in [-0.39, 0.29) is 5.91 Å². The number of thiophene rings is 1. The lowest BCUT2D eigenvalue weighted by Crippen LogP contribution is -2.48. The molecular formula is C16H24N2OS. The summed E-state index contributed by atoms with van der Waals surface area (Å²) in [6.45, 7) is 5.09. The van der Waals surface area contributed by atoms with Crippen LogP contribution in [0.15, 0.2) is 6.07 Å². The van der Waals surface area contributed by atoms with Crippen LogP contribution in [0.3, 0.4) is 0 Å². The number of nitrogens with one attached hydrogen (secondary N) is 1. The molecule has 0 saturated carbocycles. The minimum absolute atomic E-state index is 0.264. The summed E-state index contributed by atoms with van der Waals surface area (Å²) in [5.41, 5.74) is 1.43. The molecule has 0 radical (unpaired) electrons. The summed E-state index contributed by atoms with van der Waals surface area (Å²) >= 11 is 1.74. The summed E-state index contributed by atoms with van der Waals surface area (Å²) in [5, 5.41) is 3.43. The summed E-state index contributed by atoms with van der Waals surface area (Å²) in [4.78, 5) is 17.4. The highest BCUT2D eigenvalue weighted by Gasteiger charge is 2.28. The first-order chi connectivity index (χ1) is 9.79. The number of piperidine rings is 1. The second-order valence-electron chi connectivity index (χ2n) is 5.91. The van der Waals surface area contributed by atoms with Gasteiger partial charge in [0.15, 0.2) is 0 Å². The molecule has 1 aliphatic carbocycles. The highest BCUT2D eigenvalue weighted by atomic mass is 32.1. The number of rotatable bonds is 4. The predicted octanol–water partition coefficient (Wildman–Crippen LogP) is 2.84. The van der Waals surface area contributed by atoms with Gasteiger partial charge in [0.1, 0.15) is 0 Å². The maximum atomic E-state index is 12.8. The Labute approximate surface area is 125 Å². The number of amides is 1. The Balaban J connectivity index is 1.76. The minimum atomic E-state index is 0.264. The van der Waals surface area contributed by atoms with Crippen LogP contribution < -0.4 is 5.32 Å². The molecule has 1 unspecified atom stereocenters. The Morgan fingerprint density at radius 2 is 2.35 bits per heavy atom. The molecule has 4 heteroatoms. The molecule has 1 atom stereocenters. The molecule has 2 aliphatic rings. The van der Waals surface area contributed by atoms with Crippen molar-refractivity contribution >= 4 is 17.2 Å². The van der Waals surface area contributed by atoms with Crippen LogP contribution in [-0.4, -0.2) is 36.5 Å². The van der Waals surface area contributed by atoms with Gasteiger partial charge in [0, 0.05) is 24.0 Å². The van der Waals surface area contributed by atoms with E-state index < -0.39 is 0 Å². The molecule has 1 N–H and O–H groups in total. The zero-order valence-corrected chi connectivity index (χ0v) is 13.1. The second kappa shape index (κ2) is 6.27. The molecule has 1 fully saturated rings. The third-order valence-electron chi connectivity index (χ3n) is 4.39. The number of carbonyl (C=O) groups excluding carboxylic acids is 1. The molecule has 1 aromatic rings. The number of hydrogen-bond acceptors (Lipinski definition) is 3. The van der Waals surface area contributed by atoms with E-state index in [4.69, 9.17) is 0 Å². The number of hydrogen-bond donors (Lipinski definition) is 1. The smallest absolute Gasteiger partial charge is 0.264 e. The Morgan fingerprint density at radius 1 is 1.45 bits per heavy atom. The monoisotopic (exact) mass is 292 g/mol. The Morgan fingerprint density at radius 3 is 3.05 bits per heavy atom. The normalized spacial score (nSPS) is 21.8. The van der Waals surface area contributed by atoms with Gasteiger partial charge in [0.05, 0.1) is 4.88 Å². The van der Waals surface area contributed by atoms with Crippen molar-refractivity contribution in [2.24, 2.45) is 0 Å². The van der Waals surface area contributed by atoms with E-state index in [0.717, 1.165) is 43.8 Å². The maximum Gasteiger partial charge on any atom is 0.264 e. The molecule has 0 bridgehead atoms. The van der Waals surface area contributed by atoms with Gasteiger partial charge in [0.2, 0.25) is 0 Å². The maximum absolute atomic E-state index is 12.8. The highest BCUT2D eigenvalue weighted by Crippen LogP contribution is 2.31. The van der Waals surface area contributed by atoms with Gasteiger partial charge >= 0.3 is 0 Å². The van der Waals surface area contributed by atoms with E-state index >= 15 is 0 Å². The number of carbonyl (C=O) groups is 1. The largest absolute Gasteiger partial charge is 0.334 e. The van der Waals surface area contributed by atoms with Crippen LogP contribution in [0.1, 0.15) is 52.7 Å². The molecule has 1 aliphatic heterocycles. The highest BCUT2D eigenvalue weighted by molar-refractivity contribution is 7.14. The first-order valence-corrected chi connectivity index (χ1v) is 8.74. The minimum Gasteiger partial charge on any atom is -0.334 e. The average Bonchev–Trinajstić information content (AvgIpc) is 3.06. The van der Waals surface area contributed by atoms with Gasteiger partial charge in [-0.25, -0.2) is 0 Å². The van der Waals surface area contributed by atoms with Crippen LogP contribution >= 0.6 is 11.3 Å². The van der Waals surface area contributed by atoms with Crippen LogP contribution in [0.4, 0.5) is 0 Å². The van der Waals surface area contributed by atoms with Gasteiger partial charge in [-0.3, -0.25) is 4.79 Å². The molecule has 3 nitrogen and oxygen atoms in total. The molecule has 2 heterocycles. The molecule has 1 saturated heterocycles. The summed E-state index contributed by atoms with van der Waals surface area (Å²) in [5.74, 6) is 0.264. The van der Waals surface area contributed by atoms with Crippen molar-refractivity contribution in [3.63, 3.8) is 0 Å². The quantitative estimate of drug-likeness (QED) is 0.925. The summed E-state index contributed by atoms with van der Waals surface area (Å²) in [6, 6.07) is 2.54. The van der Waals surface area contributed by atoms with Crippen molar-refractivity contribution in [1.29, 1.82) is 0 Å². The third-order valence-corrected chi connectivity index (χ3v) is 5.62. The second-order valence-corrected chi connectivity index (χ2v) is 7.05. The molecule has 0 spiro atoms. The van der Waals surface area contributed by atoms with Crippen LogP contribution in [0.25, 0.3) is 0 Å². The molecule has 110 valence electrons. The zero-order chi connectivity index (χ0) is 13.9. The van der Waals surface area contributed by atoms with E-state index in [1.54, 1.807) is 11.3 Å². The van der Waals surface area contributed by atoms with Gasteiger partial charge in [0.25, 0.3) is 5.91 Å². The van der Waals surface area contributed by atoms with Crippen molar-refractivity contribution < 1.29 is 4.79 Å². The topological polar surface area (TPSA) is 32.3 Å². The summed E-state index contributed by atoms with van der Waals surface area (Å²) in [6.07, 6.45) is 6.96. The Bertz CT molecular complexity index is 455. The fourth-order valence-electron chi connectivity index (χ4n) is 3.37. The van der Waals surface area contributed by atoms with Crippen LogP contribution in [0, 0.1) is 0 Å². The zero-order valence-electron chi connectivity index (χ0n) is 12.3. The molecular weight excluding hydrogens is 268 g/mol. The average molecular weight is 292 g/mol. The van der Waals surface area contributed by atoms with Gasteiger partial charge < -0.3 is 10.2 Å². The van der Waals surface area contributed by atoms with Crippen LogP contribution in [0.5, 0.6) is 0 Å². The lowest BCUT2D eigenvalue weighted by molar-refractivity contribution is 0.0654.